The first-order valence-electron chi connectivity index (χ1n) is 4.47. The van der Waals surface area contributed by atoms with Crippen molar-refractivity contribution >= 4 is 33.3 Å². The molecule has 0 fully saturated rings. The first-order chi connectivity index (χ1) is 7.81. The largest absolute Gasteiger partial charge is 0.573 e. The third kappa shape index (κ3) is 4.95. The fraction of sp³-hybridized carbons (Fsp3) is 0.300. The maximum atomic E-state index is 12.0. The van der Waals surface area contributed by atoms with E-state index in [-0.39, 0.29) is 22.8 Å². The van der Waals surface area contributed by atoms with Crippen LogP contribution < -0.4 is 4.74 Å². The molecule has 0 N–H and O–H groups in total. The molecule has 0 heterocycles. The van der Waals surface area contributed by atoms with Gasteiger partial charge in [-0.15, -0.1) is 13.2 Å². The minimum atomic E-state index is -4.81. The highest BCUT2D eigenvalue weighted by Crippen LogP contribution is 2.27. The van der Waals surface area contributed by atoms with E-state index in [4.69, 9.17) is 11.6 Å². The van der Waals surface area contributed by atoms with Gasteiger partial charge in [-0.3, -0.25) is 4.79 Å². The van der Waals surface area contributed by atoms with Crippen molar-refractivity contribution in [2.45, 2.75) is 12.8 Å². The third-order valence-corrected chi connectivity index (χ3v) is 2.36. The van der Waals surface area contributed by atoms with Crippen LogP contribution in [0.2, 0.25) is 5.02 Å². The normalized spacial score (nSPS) is 11.4. The number of halogens is 5. The average Bonchev–Trinajstić information content (AvgIpc) is 2.14. The Labute approximate surface area is 109 Å². The van der Waals surface area contributed by atoms with Crippen molar-refractivity contribution in [3.05, 3.63) is 28.8 Å². The lowest BCUT2D eigenvalue weighted by atomic mass is 10.1. The van der Waals surface area contributed by atoms with Gasteiger partial charge in [0.1, 0.15) is 5.75 Å². The Morgan fingerprint density at radius 2 is 2.00 bits per heavy atom. The van der Waals surface area contributed by atoms with Crippen LogP contribution in [0.4, 0.5) is 13.2 Å². The molecule has 0 saturated carbocycles. The molecule has 0 aromatic heterocycles. The summed E-state index contributed by atoms with van der Waals surface area (Å²) in [5, 5.41) is 0.443. The Hall–Kier alpha value is -0.750. The highest BCUT2D eigenvalue weighted by atomic mass is 79.9. The molecule has 0 atom stereocenters. The van der Waals surface area contributed by atoms with Crippen molar-refractivity contribution in [2.24, 2.45) is 0 Å². The standard InChI is InChI=1S/C10H7BrClF3O2/c11-2-1-9(16)6-3-7(12)5-8(4-6)17-10(13,14)15/h3-5H,1-2H2. The number of Topliss-reactive ketones (excluding diaryl/α,β-unsaturated/α-hetero) is 1. The van der Waals surface area contributed by atoms with E-state index in [9.17, 15) is 18.0 Å². The Morgan fingerprint density at radius 1 is 1.35 bits per heavy atom. The van der Waals surface area contributed by atoms with Gasteiger partial charge in [0.05, 0.1) is 0 Å². The molecular weight excluding hydrogens is 324 g/mol. The van der Waals surface area contributed by atoms with Gasteiger partial charge in [-0.05, 0) is 18.2 Å². The zero-order valence-corrected chi connectivity index (χ0v) is 10.7. The molecule has 17 heavy (non-hydrogen) atoms. The van der Waals surface area contributed by atoms with Crippen molar-refractivity contribution in [3.63, 3.8) is 0 Å². The number of hydrogen-bond acceptors (Lipinski definition) is 2. The van der Waals surface area contributed by atoms with Gasteiger partial charge in [-0.25, -0.2) is 0 Å². The minimum absolute atomic E-state index is 0.0182. The summed E-state index contributed by atoms with van der Waals surface area (Å²) in [6, 6.07) is 3.32. The molecule has 0 aliphatic heterocycles. The monoisotopic (exact) mass is 330 g/mol. The zero-order chi connectivity index (χ0) is 13.1. The van der Waals surface area contributed by atoms with Crippen molar-refractivity contribution in [2.75, 3.05) is 5.33 Å². The molecule has 0 unspecified atom stereocenters. The summed E-state index contributed by atoms with van der Waals surface area (Å²) in [6.45, 7) is 0. The van der Waals surface area contributed by atoms with Crippen LogP contribution in [0.1, 0.15) is 16.8 Å². The van der Waals surface area contributed by atoms with E-state index in [1.807, 2.05) is 0 Å². The van der Waals surface area contributed by atoms with Gasteiger partial charge in [0.2, 0.25) is 0 Å². The maximum Gasteiger partial charge on any atom is 0.573 e. The Morgan fingerprint density at radius 3 is 2.53 bits per heavy atom. The number of rotatable bonds is 4. The van der Waals surface area contributed by atoms with Gasteiger partial charge in [-0.1, -0.05) is 27.5 Å². The second-order valence-electron chi connectivity index (χ2n) is 3.09. The number of ether oxygens (including phenoxy) is 1. The van der Waals surface area contributed by atoms with Crippen LogP contribution in [0, 0.1) is 0 Å². The lowest BCUT2D eigenvalue weighted by molar-refractivity contribution is -0.274. The smallest absolute Gasteiger partial charge is 0.406 e. The summed E-state index contributed by atoms with van der Waals surface area (Å²) >= 11 is 8.68. The van der Waals surface area contributed by atoms with Gasteiger partial charge in [0, 0.05) is 22.3 Å². The summed E-state index contributed by atoms with van der Waals surface area (Å²) in [6.07, 6.45) is -4.63. The number of benzene rings is 1. The summed E-state index contributed by atoms with van der Waals surface area (Å²) in [5.74, 6) is -0.806. The zero-order valence-electron chi connectivity index (χ0n) is 8.35. The van der Waals surface area contributed by atoms with Gasteiger partial charge in [-0.2, -0.15) is 0 Å². The Bertz CT molecular complexity index is 421. The van der Waals surface area contributed by atoms with E-state index in [0.717, 1.165) is 12.1 Å². The predicted octanol–water partition coefficient (Wildman–Crippen LogP) is 4.21. The van der Waals surface area contributed by atoms with Crippen LogP contribution in [0.25, 0.3) is 0 Å². The predicted molar refractivity (Wildman–Crippen MR) is 60.9 cm³/mol. The molecule has 0 aliphatic rings. The second kappa shape index (κ2) is 5.73. The number of alkyl halides is 4. The lowest BCUT2D eigenvalue weighted by Crippen LogP contribution is -2.17. The van der Waals surface area contributed by atoms with Crippen LogP contribution in [-0.4, -0.2) is 17.5 Å². The molecule has 0 saturated heterocycles. The summed E-state index contributed by atoms with van der Waals surface area (Å²) < 4.78 is 39.7. The number of carbonyl (C=O) groups is 1. The quantitative estimate of drug-likeness (QED) is 0.610. The molecule has 1 rings (SSSR count). The van der Waals surface area contributed by atoms with E-state index in [1.54, 1.807) is 0 Å². The van der Waals surface area contributed by atoms with E-state index >= 15 is 0 Å². The SMILES string of the molecule is O=C(CCBr)c1cc(Cl)cc(OC(F)(F)F)c1. The van der Waals surface area contributed by atoms with Crippen LogP contribution in [-0.2, 0) is 0 Å². The third-order valence-electron chi connectivity index (χ3n) is 1.75. The summed E-state index contributed by atoms with van der Waals surface area (Å²) in [5.41, 5.74) is 0.0937. The fourth-order valence-corrected chi connectivity index (χ4v) is 1.73. The fourth-order valence-electron chi connectivity index (χ4n) is 1.15. The molecule has 0 bridgehead atoms. The molecule has 0 radical (unpaired) electrons. The molecule has 1 aromatic rings. The molecule has 94 valence electrons. The van der Waals surface area contributed by atoms with Gasteiger partial charge in [0.15, 0.2) is 5.78 Å². The van der Waals surface area contributed by atoms with Crippen molar-refractivity contribution in [3.8, 4) is 5.75 Å². The highest BCUT2D eigenvalue weighted by Gasteiger charge is 2.31. The Kier molecular flexibility index (Phi) is 4.82. The minimum Gasteiger partial charge on any atom is -0.406 e. The van der Waals surface area contributed by atoms with Gasteiger partial charge >= 0.3 is 6.36 Å². The van der Waals surface area contributed by atoms with E-state index in [1.165, 1.54) is 6.07 Å². The highest BCUT2D eigenvalue weighted by molar-refractivity contribution is 9.09. The van der Waals surface area contributed by atoms with Gasteiger partial charge < -0.3 is 4.74 Å². The first-order valence-corrected chi connectivity index (χ1v) is 5.97. The van der Waals surface area contributed by atoms with E-state index in [2.05, 4.69) is 20.7 Å². The second-order valence-corrected chi connectivity index (χ2v) is 4.32. The molecule has 1 aromatic carbocycles. The topological polar surface area (TPSA) is 26.3 Å². The Balaban J connectivity index is 2.98. The van der Waals surface area contributed by atoms with Crippen LogP contribution in [0.5, 0.6) is 5.75 Å². The molecule has 2 nitrogen and oxygen atoms in total. The molecular formula is C10H7BrClF3O2. The van der Waals surface area contributed by atoms with Crippen molar-refractivity contribution in [1.82, 2.24) is 0 Å². The van der Waals surface area contributed by atoms with Crippen LogP contribution in [0.15, 0.2) is 18.2 Å². The van der Waals surface area contributed by atoms with E-state index < -0.39 is 12.1 Å². The summed E-state index contributed by atoms with van der Waals surface area (Å²) in [4.78, 5) is 11.5. The van der Waals surface area contributed by atoms with Crippen LogP contribution in [0.3, 0.4) is 0 Å². The average molecular weight is 332 g/mol. The number of hydrogen-bond donors (Lipinski definition) is 0. The molecule has 0 spiro atoms. The van der Waals surface area contributed by atoms with Gasteiger partial charge in [0.25, 0.3) is 0 Å². The van der Waals surface area contributed by atoms with Crippen LogP contribution >= 0.6 is 27.5 Å². The van der Waals surface area contributed by atoms with Crippen molar-refractivity contribution < 1.29 is 22.7 Å². The summed E-state index contributed by atoms with van der Waals surface area (Å²) in [7, 11) is 0. The maximum absolute atomic E-state index is 12.0. The number of ketones is 1. The molecule has 7 heteroatoms. The first kappa shape index (κ1) is 14.3. The molecule has 0 aliphatic carbocycles. The van der Waals surface area contributed by atoms with E-state index in [0.29, 0.717) is 5.33 Å². The molecule has 0 amide bonds. The lowest BCUT2D eigenvalue weighted by Gasteiger charge is -2.10. The number of carbonyl (C=O) groups excluding carboxylic acids is 1. The van der Waals surface area contributed by atoms with Crippen molar-refractivity contribution in [1.29, 1.82) is 0 Å².